The first-order chi connectivity index (χ1) is 12.5. The van der Waals surface area contributed by atoms with Gasteiger partial charge in [0.05, 0.1) is 5.56 Å². The van der Waals surface area contributed by atoms with Crippen LogP contribution in [-0.4, -0.2) is 52.4 Å². The smallest absolute Gasteiger partial charge is 0.257 e. The van der Waals surface area contributed by atoms with Crippen LogP contribution in [0.3, 0.4) is 0 Å². The number of pyridine rings is 1. The standard InChI is InChI=1S/C21H28N4O/c1-16(2)23-20-19(10-7-11-22-20)21(26)25-13-12-24(17(3)14-25)15-18-8-5-4-6-9-18/h4-11,16-17H,12-15H2,1-3H3,(H,22,23)/t17-/m1/s1. The van der Waals surface area contributed by atoms with Gasteiger partial charge in [0, 0.05) is 44.5 Å². The van der Waals surface area contributed by atoms with Crippen LogP contribution >= 0.6 is 0 Å². The molecule has 0 aliphatic carbocycles. The number of nitrogens with one attached hydrogen (secondary N) is 1. The zero-order chi connectivity index (χ0) is 18.5. The molecular formula is C21H28N4O. The Morgan fingerprint density at radius 3 is 2.65 bits per heavy atom. The van der Waals surface area contributed by atoms with E-state index in [1.54, 1.807) is 6.20 Å². The van der Waals surface area contributed by atoms with Gasteiger partial charge in [-0.25, -0.2) is 4.98 Å². The Balaban J connectivity index is 1.66. The summed E-state index contributed by atoms with van der Waals surface area (Å²) in [4.78, 5) is 21.8. The van der Waals surface area contributed by atoms with Crippen molar-refractivity contribution in [1.82, 2.24) is 14.8 Å². The summed E-state index contributed by atoms with van der Waals surface area (Å²) in [5.74, 6) is 0.735. The number of benzene rings is 1. The molecule has 138 valence electrons. The van der Waals surface area contributed by atoms with Gasteiger partial charge < -0.3 is 10.2 Å². The molecule has 1 aliphatic heterocycles. The number of rotatable bonds is 5. The predicted molar refractivity (Wildman–Crippen MR) is 105 cm³/mol. The second-order valence-corrected chi connectivity index (χ2v) is 7.25. The molecule has 1 aromatic heterocycles. The van der Waals surface area contributed by atoms with Gasteiger partial charge in [-0.1, -0.05) is 30.3 Å². The average Bonchev–Trinajstić information content (AvgIpc) is 2.64. The van der Waals surface area contributed by atoms with E-state index in [9.17, 15) is 4.79 Å². The first-order valence-corrected chi connectivity index (χ1v) is 9.33. The number of carbonyl (C=O) groups is 1. The monoisotopic (exact) mass is 352 g/mol. The minimum atomic E-state index is 0.0625. The summed E-state index contributed by atoms with van der Waals surface area (Å²) in [5.41, 5.74) is 1.97. The van der Waals surface area contributed by atoms with E-state index in [1.165, 1.54) is 5.56 Å². The molecule has 1 aromatic carbocycles. The van der Waals surface area contributed by atoms with E-state index in [-0.39, 0.29) is 11.9 Å². The van der Waals surface area contributed by atoms with Crippen molar-refractivity contribution in [2.75, 3.05) is 25.0 Å². The molecule has 5 nitrogen and oxygen atoms in total. The molecule has 0 bridgehead atoms. The third-order valence-electron chi connectivity index (χ3n) is 4.74. The fourth-order valence-corrected chi connectivity index (χ4v) is 3.37. The van der Waals surface area contributed by atoms with Crippen molar-refractivity contribution in [1.29, 1.82) is 0 Å². The molecule has 0 saturated carbocycles. The number of carbonyl (C=O) groups excluding carboxylic acids is 1. The molecule has 3 rings (SSSR count). The van der Waals surface area contributed by atoms with E-state index in [4.69, 9.17) is 0 Å². The van der Waals surface area contributed by atoms with Crippen molar-refractivity contribution in [3.63, 3.8) is 0 Å². The van der Waals surface area contributed by atoms with Crippen molar-refractivity contribution in [3.05, 3.63) is 59.8 Å². The Morgan fingerprint density at radius 1 is 1.19 bits per heavy atom. The van der Waals surface area contributed by atoms with Gasteiger partial charge in [-0.2, -0.15) is 0 Å². The SMILES string of the molecule is CC(C)Nc1ncccc1C(=O)N1CCN(Cc2ccccc2)[C@H](C)C1. The number of anilines is 1. The summed E-state index contributed by atoms with van der Waals surface area (Å²) in [6, 6.07) is 14.8. The van der Waals surface area contributed by atoms with Gasteiger partial charge in [0.15, 0.2) is 0 Å². The van der Waals surface area contributed by atoms with Crippen LogP contribution < -0.4 is 5.32 Å². The van der Waals surface area contributed by atoms with E-state index in [0.29, 0.717) is 17.4 Å². The second kappa shape index (κ2) is 8.32. The third-order valence-corrected chi connectivity index (χ3v) is 4.74. The van der Waals surface area contributed by atoms with Gasteiger partial charge in [-0.15, -0.1) is 0 Å². The first kappa shape index (κ1) is 18.4. The Kier molecular flexibility index (Phi) is 5.89. The molecule has 26 heavy (non-hydrogen) atoms. The van der Waals surface area contributed by atoms with Crippen molar-refractivity contribution >= 4 is 11.7 Å². The predicted octanol–water partition coefficient (Wildman–Crippen LogP) is 3.25. The molecule has 2 heterocycles. The largest absolute Gasteiger partial charge is 0.367 e. The molecule has 5 heteroatoms. The number of hydrogen-bond acceptors (Lipinski definition) is 4. The number of piperazine rings is 1. The molecule has 0 unspecified atom stereocenters. The normalized spacial score (nSPS) is 18.2. The van der Waals surface area contributed by atoms with Crippen LogP contribution in [0.25, 0.3) is 0 Å². The quantitative estimate of drug-likeness (QED) is 0.897. The maximum absolute atomic E-state index is 13.0. The number of nitrogens with zero attached hydrogens (tertiary/aromatic N) is 3. The van der Waals surface area contributed by atoms with Gasteiger partial charge in [0.25, 0.3) is 5.91 Å². The molecular weight excluding hydrogens is 324 g/mol. The summed E-state index contributed by atoms with van der Waals surface area (Å²) in [7, 11) is 0. The van der Waals surface area contributed by atoms with Crippen LogP contribution in [0.4, 0.5) is 5.82 Å². The summed E-state index contributed by atoms with van der Waals surface area (Å²) in [6.45, 7) is 9.58. The maximum atomic E-state index is 13.0. The van der Waals surface area contributed by atoms with Gasteiger partial charge in [0.1, 0.15) is 5.82 Å². The maximum Gasteiger partial charge on any atom is 0.257 e. The fraction of sp³-hybridized carbons (Fsp3) is 0.429. The fourth-order valence-electron chi connectivity index (χ4n) is 3.37. The van der Waals surface area contributed by atoms with Crippen molar-refractivity contribution in [2.24, 2.45) is 0 Å². The molecule has 1 N–H and O–H groups in total. The van der Waals surface area contributed by atoms with Crippen LogP contribution in [0, 0.1) is 0 Å². The molecule has 1 fully saturated rings. The lowest BCUT2D eigenvalue weighted by Crippen LogP contribution is -2.53. The minimum Gasteiger partial charge on any atom is -0.367 e. The molecule has 1 saturated heterocycles. The molecule has 1 amide bonds. The summed E-state index contributed by atoms with van der Waals surface area (Å²) in [6.07, 6.45) is 1.72. The van der Waals surface area contributed by atoms with E-state index in [2.05, 4.69) is 46.4 Å². The summed E-state index contributed by atoms with van der Waals surface area (Å²) < 4.78 is 0. The second-order valence-electron chi connectivity index (χ2n) is 7.25. The van der Waals surface area contributed by atoms with E-state index in [1.807, 2.05) is 36.9 Å². The van der Waals surface area contributed by atoms with Crippen LogP contribution in [-0.2, 0) is 6.54 Å². The van der Waals surface area contributed by atoms with Crippen LogP contribution in [0.15, 0.2) is 48.7 Å². The first-order valence-electron chi connectivity index (χ1n) is 9.33. The molecule has 2 aromatic rings. The topological polar surface area (TPSA) is 48.5 Å². The number of hydrogen-bond donors (Lipinski definition) is 1. The van der Waals surface area contributed by atoms with Crippen LogP contribution in [0.5, 0.6) is 0 Å². The minimum absolute atomic E-state index is 0.0625. The van der Waals surface area contributed by atoms with Gasteiger partial charge >= 0.3 is 0 Å². The number of aromatic nitrogens is 1. The Labute approximate surface area is 156 Å². The third kappa shape index (κ3) is 4.41. The summed E-state index contributed by atoms with van der Waals surface area (Å²) in [5, 5.41) is 3.28. The zero-order valence-electron chi connectivity index (χ0n) is 15.9. The highest BCUT2D eigenvalue weighted by Crippen LogP contribution is 2.19. The van der Waals surface area contributed by atoms with E-state index >= 15 is 0 Å². The van der Waals surface area contributed by atoms with E-state index in [0.717, 1.165) is 26.2 Å². The van der Waals surface area contributed by atoms with Gasteiger partial charge in [-0.3, -0.25) is 9.69 Å². The van der Waals surface area contributed by atoms with E-state index < -0.39 is 0 Å². The van der Waals surface area contributed by atoms with Crippen molar-refractivity contribution in [3.8, 4) is 0 Å². The van der Waals surface area contributed by atoms with Crippen molar-refractivity contribution in [2.45, 2.75) is 39.4 Å². The Morgan fingerprint density at radius 2 is 1.96 bits per heavy atom. The zero-order valence-corrected chi connectivity index (χ0v) is 15.9. The highest BCUT2D eigenvalue weighted by atomic mass is 16.2. The summed E-state index contributed by atoms with van der Waals surface area (Å²) >= 11 is 0. The van der Waals surface area contributed by atoms with Gasteiger partial charge in [0.2, 0.25) is 0 Å². The van der Waals surface area contributed by atoms with Crippen LogP contribution in [0.2, 0.25) is 0 Å². The lowest BCUT2D eigenvalue weighted by atomic mass is 10.1. The molecule has 1 atom stereocenters. The average molecular weight is 352 g/mol. The van der Waals surface area contributed by atoms with Crippen LogP contribution in [0.1, 0.15) is 36.7 Å². The lowest BCUT2D eigenvalue weighted by Gasteiger charge is -2.40. The highest BCUT2D eigenvalue weighted by molar-refractivity contribution is 5.98. The van der Waals surface area contributed by atoms with Gasteiger partial charge in [-0.05, 0) is 38.5 Å². The number of amides is 1. The Bertz CT molecular complexity index is 732. The molecule has 0 radical (unpaired) electrons. The highest BCUT2D eigenvalue weighted by Gasteiger charge is 2.28. The Hall–Kier alpha value is -2.40. The molecule has 0 spiro atoms. The molecule has 1 aliphatic rings. The lowest BCUT2D eigenvalue weighted by molar-refractivity contribution is 0.0496. The van der Waals surface area contributed by atoms with Crippen molar-refractivity contribution < 1.29 is 4.79 Å².